The molecular formula is C9H7BrF3N3. The van der Waals surface area contributed by atoms with E-state index in [1.165, 1.54) is 4.52 Å². The van der Waals surface area contributed by atoms with Gasteiger partial charge in [0.05, 0.1) is 5.56 Å². The van der Waals surface area contributed by atoms with Crippen molar-refractivity contribution < 1.29 is 13.2 Å². The third kappa shape index (κ3) is 1.91. The fourth-order valence-corrected chi connectivity index (χ4v) is 1.81. The van der Waals surface area contributed by atoms with Crippen LogP contribution in [0.5, 0.6) is 0 Å². The molecule has 2 rings (SSSR count). The molecule has 0 aliphatic carbocycles. The number of halogens is 4. The SMILES string of the molecule is CCc1nc2cc(C(F)(F)F)cc(Br)n2n1. The molecule has 0 fully saturated rings. The summed E-state index contributed by atoms with van der Waals surface area (Å²) in [6.45, 7) is 1.84. The van der Waals surface area contributed by atoms with Crippen molar-refractivity contribution in [3.8, 4) is 0 Å². The zero-order valence-corrected chi connectivity index (χ0v) is 9.80. The molecule has 2 aromatic rings. The van der Waals surface area contributed by atoms with Crippen LogP contribution in [0.2, 0.25) is 0 Å². The van der Waals surface area contributed by atoms with Crippen LogP contribution < -0.4 is 0 Å². The lowest BCUT2D eigenvalue weighted by molar-refractivity contribution is -0.137. The molecule has 2 aromatic heterocycles. The Morgan fingerprint density at radius 3 is 2.62 bits per heavy atom. The van der Waals surface area contributed by atoms with Crippen molar-refractivity contribution in [2.45, 2.75) is 19.5 Å². The predicted molar refractivity (Wildman–Crippen MR) is 55.1 cm³/mol. The first kappa shape index (κ1) is 11.4. The Hall–Kier alpha value is -1.11. The van der Waals surface area contributed by atoms with E-state index in [0.717, 1.165) is 12.1 Å². The molecule has 0 saturated heterocycles. The van der Waals surface area contributed by atoms with Crippen molar-refractivity contribution in [1.82, 2.24) is 14.6 Å². The average Bonchev–Trinajstić information content (AvgIpc) is 2.59. The summed E-state index contributed by atoms with van der Waals surface area (Å²) >= 11 is 3.04. The van der Waals surface area contributed by atoms with Crippen molar-refractivity contribution in [2.24, 2.45) is 0 Å². The molecule has 0 radical (unpaired) electrons. The Morgan fingerprint density at radius 2 is 2.06 bits per heavy atom. The van der Waals surface area contributed by atoms with Crippen LogP contribution >= 0.6 is 15.9 Å². The maximum absolute atomic E-state index is 12.5. The zero-order chi connectivity index (χ0) is 11.9. The largest absolute Gasteiger partial charge is 0.416 e. The van der Waals surface area contributed by atoms with Gasteiger partial charge in [-0.15, -0.1) is 0 Å². The van der Waals surface area contributed by atoms with Gasteiger partial charge in [-0.25, -0.2) is 9.50 Å². The van der Waals surface area contributed by atoms with Gasteiger partial charge in [0.15, 0.2) is 11.5 Å². The molecular weight excluding hydrogens is 287 g/mol. The summed E-state index contributed by atoms with van der Waals surface area (Å²) in [5.41, 5.74) is -0.541. The summed E-state index contributed by atoms with van der Waals surface area (Å²) in [5.74, 6) is 0.514. The lowest BCUT2D eigenvalue weighted by Gasteiger charge is -2.07. The molecule has 0 aromatic carbocycles. The third-order valence-corrected chi connectivity index (χ3v) is 2.65. The van der Waals surface area contributed by atoms with E-state index in [1.807, 2.05) is 6.92 Å². The molecule has 0 N–H and O–H groups in total. The molecule has 2 heterocycles. The molecule has 0 spiro atoms. The second-order valence-corrected chi connectivity index (χ2v) is 4.03. The van der Waals surface area contributed by atoms with Crippen molar-refractivity contribution >= 4 is 21.6 Å². The lowest BCUT2D eigenvalue weighted by Crippen LogP contribution is -2.06. The Balaban J connectivity index is 2.67. The highest BCUT2D eigenvalue weighted by molar-refractivity contribution is 9.10. The van der Waals surface area contributed by atoms with Crippen LogP contribution in [0.25, 0.3) is 5.65 Å². The van der Waals surface area contributed by atoms with E-state index < -0.39 is 11.7 Å². The van der Waals surface area contributed by atoms with Gasteiger partial charge in [-0.2, -0.15) is 18.3 Å². The molecule has 16 heavy (non-hydrogen) atoms. The monoisotopic (exact) mass is 293 g/mol. The summed E-state index contributed by atoms with van der Waals surface area (Å²) in [5, 5.41) is 4.05. The number of fused-ring (bicyclic) bond motifs is 1. The standard InChI is InChI=1S/C9H7BrF3N3/c1-2-7-14-8-4-5(9(11,12)13)3-6(10)16(8)15-7/h3-4H,2H2,1H3. The highest BCUT2D eigenvalue weighted by atomic mass is 79.9. The zero-order valence-electron chi connectivity index (χ0n) is 8.22. The fraction of sp³-hybridized carbons (Fsp3) is 0.333. The van der Waals surface area contributed by atoms with E-state index in [4.69, 9.17) is 0 Å². The van der Waals surface area contributed by atoms with Gasteiger partial charge in [0.1, 0.15) is 4.60 Å². The molecule has 0 saturated carbocycles. The highest BCUT2D eigenvalue weighted by Crippen LogP contribution is 2.31. The smallest absolute Gasteiger partial charge is 0.212 e. The van der Waals surface area contributed by atoms with Crippen molar-refractivity contribution in [3.05, 3.63) is 28.1 Å². The summed E-state index contributed by atoms with van der Waals surface area (Å²) in [6, 6.07) is 1.97. The summed E-state index contributed by atoms with van der Waals surface area (Å²) in [6.07, 6.45) is -3.79. The van der Waals surface area contributed by atoms with Crippen LogP contribution in [-0.4, -0.2) is 14.6 Å². The predicted octanol–water partition coefficient (Wildman–Crippen LogP) is 3.07. The van der Waals surface area contributed by atoms with Crippen LogP contribution in [0.15, 0.2) is 16.7 Å². The lowest BCUT2D eigenvalue weighted by atomic mass is 10.2. The maximum Gasteiger partial charge on any atom is 0.416 e. The van der Waals surface area contributed by atoms with Gasteiger partial charge in [0.25, 0.3) is 0 Å². The minimum absolute atomic E-state index is 0.193. The van der Waals surface area contributed by atoms with Crippen molar-refractivity contribution in [2.75, 3.05) is 0 Å². The molecule has 7 heteroatoms. The van der Waals surface area contributed by atoms with E-state index >= 15 is 0 Å². The van der Waals surface area contributed by atoms with Gasteiger partial charge in [-0.1, -0.05) is 6.92 Å². The van der Waals surface area contributed by atoms with Gasteiger partial charge < -0.3 is 0 Å². The number of rotatable bonds is 1. The maximum atomic E-state index is 12.5. The minimum Gasteiger partial charge on any atom is -0.212 e. The second-order valence-electron chi connectivity index (χ2n) is 3.22. The number of hydrogen-bond donors (Lipinski definition) is 0. The molecule has 0 atom stereocenters. The van der Waals surface area contributed by atoms with Crippen LogP contribution in [0.4, 0.5) is 13.2 Å². The summed E-state index contributed by atoms with van der Waals surface area (Å²) < 4.78 is 39.1. The normalized spacial score (nSPS) is 12.3. The molecule has 86 valence electrons. The number of nitrogens with zero attached hydrogens (tertiary/aromatic N) is 3. The Morgan fingerprint density at radius 1 is 1.38 bits per heavy atom. The van der Waals surface area contributed by atoms with Gasteiger partial charge in [-0.05, 0) is 28.1 Å². The first-order valence-electron chi connectivity index (χ1n) is 4.54. The first-order valence-corrected chi connectivity index (χ1v) is 5.33. The van der Waals surface area contributed by atoms with E-state index in [9.17, 15) is 13.2 Å². The van der Waals surface area contributed by atoms with Crippen molar-refractivity contribution in [1.29, 1.82) is 0 Å². The molecule has 0 aliphatic heterocycles. The Kier molecular flexibility index (Phi) is 2.65. The Bertz CT molecular complexity index is 533. The first-order chi connectivity index (χ1) is 7.41. The topological polar surface area (TPSA) is 30.2 Å². The van der Waals surface area contributed by atoms with Gasteiger partial charge in [-0.3, -0.25) is 0 Å². The minimum atomic E-state index is -4.37. The van der Waals surface area contributed by atoms with Crippen molar-refractivity contribution in [3.63, 3.8) is 0 Å². The Labute approximate surface area is 97.4 Å². The van der Waals surface area contributed by atoms with Gasteiger partial charge in [0.2, 0.25) is 0 Å². The van der Waals surface area contributed by atoms with Gasteiger partial charge in [0, 0.05) is 6.42 Å². The van der Waals surface area contributed by atoms with E-state index in [0.29, 0.717) is 12.2 Å². The molecule has 0 unspecified atom stereocenters. The molecule has 3 nitrogen and oxygen atoms in total. The number of aromatic nitrogens is 3. The molecule has 0 amide bonds. The third-order valence-electron chi connectivity index (χ3n) is 2.08. The van der Waals surface area contributed by atoms with E-state index in [1.54, 1.807) is 0 Å². The van der Waals surface area contributed by atoms with Crippen LogP contribution in [0.1, 0.15) is 18.3 Å². The van der Waals surface area contributed by atoms with E-state index in [-0.39, 0.29) is 10.3 Å². The number of aryl methyl sites for hydroxylation is 1. The second kappa shape index (κ2) is 3.73. The number of alkyl halides is 3. The molecule has 0 aliphatic rings. The fourth-order valence-electron chi connectivity index (χ4n) is 1.30. The average molecular weight is 294 g/mol. The number of pyridine rings is 1. The van der Waals surface area contributed by atoms with Crippen LogP contribution in [-0.2, 0) is 12.6 Å². The highest BCUT2D eigenvalue weighted by Gasteiger charge is 2.31. The van der Waals surface area contributed by atoms with E-state index in [2.05, 4.69) is 26.0 Å². The summed E-state index contributed by atoms with van der Waals surface area (Å²) in [7, 11) is 0. The summed E-state index contributed by atoms with van der Waals surface area (Å²) in [4.78, 5) is 3.99. The quantitative estimate of drug-likeness (QED) is 0.757. The number of hydrogen-bond acceptors (Lipinski definition) is 2. The van der Waals surface area contributed by atoms with Crippen LogP contribution in [0.3, 0.4) is 0 Å². The van der Waals surface area contributed by atoms with Gasteiger partial charge >= 0.3 is 6.18 Å². The molecule has 0 bridgehead atoms. The van der Waals surface area contributed by atoms with Crippen LogP contribution in [0, 0.1) is 0 Å².